The summed E-state index contributed by atoms with van der Waals surface area (Å²) in [6, 6.07) is 0. The van der Waals surface area contributed by atoms with Gasteiger partial charge in [0.25, 0.3) is 0 Å². The van der Waals surface area contributed by atoms with Crippen molar-refractivity contribution in [2.24, 2.45) is 0 Å². The molecule has 0 radical (unpaired) electrons. The van der Waals surface area contributed by atoms with Crippen LogP contribution in [0.25, 0.3) is 0 Å². The van der Waals surface area contributed by atoms with Crippen LogP contribution in [0.2, 0.25) is 0 Å². The number of rotatable bonds is 37. The highest BCUT2D eigenvalue weighted by atomic mass is 31.2. The molecule has 1 aliphatic rings. The lowest BCUT2D eigenvalue weighted by Gasteiger charge is -2.41. The SMILES string of the molecule is CCCCC/C=C/C/C=C/C/C=C/C/C=C/C/C=C/CCC(=O)O[C@H](COC(=O)CCCCCCCCCCCCCCC)COP(=O)(O)OC1C(O)C(O)C(O)[C@H](O)C1O. The number of allylic oxidation sites excluding steroid dienone is 10. The molecule has 0 aliphatic heterocycles. The molecule has 0 aromatic heterocycles. The van der Waals surface area contributed by atoms with Gasteiger partial charge in [0.05, 0.1) is 6.61 Å². The van der Waals surface area contributed by atoms with Gasteiger partial charge in [-0.25, -0.2) is 4.57 Å². The maximum atomic E-state index is 12.8. The van der Waals surface area contributed by atoms with E-state index in [1.165, 1.54) is 77.0 Å². The number of esters is 2. The first kappa shape index (κ1) is 56.6. The molecule has 0 saturated heterocycles. The average molecular weight is 885 g/mol. The van der Waals surface area contributed by atoms with E-state index in [1.54, 1.807) is 0 Å². The Kier molecular flexibility index (Phi) is 34.3. The number of phosphoric acid groups is 1. The van der Waals surface area contributed by atoms with Gasteiger partial charge in [-0.15, -0.1) is 0 Å². The van der Waals surface area contributed by atoms with E-state index < -0.39 is 75.7 Å². The second-order valence-corrected chi connectivity index (χ2v) is 17.3. The van der Waals surface area contributed by atoms with E-state index in [2.05, 4.69) is 56.4 Å². The molecule has 0 heterocycles. The lowest BCUT2D eigenvalue weighted by Crippen LogP contribution is -2.64. The smallest absolute Gasteiger partial charge is 0.462 e. The Morgan fingerprint density at radius 3 is 1.41 bits per heavy atom. The fourth-order valence-electron chi connectivity index (χ4n) is 6.62. The molecule has 352 valence electrons. The van der Waals surface area contributed by atoms with Crippen molar-refractivity contribution < 1.29 is 63.1 Å². The van der Waals surface area contributed by atoms with Crippen molar-refractivity contribution in [1.29, 1.82) is 0 Å². The number of phosphoric ester groups is 1. The highest BCUT2D eigenvalue weighted by Gasteiger charge is 2.51. The molecule has 0 spiro atoms. The van der Waals surface area contributed by atoms with E-state index >= 15 is 0 Å². The van der Waals surface area contributed by atoms with Gasteiger partial charge in [0.15, 0.2) is 6.10 Å². The van der Waals surface area contributed by atoms with Gasteiger partial charge in [-0.3, -0.25) is 18.6 Å². The van der Waals surface area contributed by atoms with Gasteiger partial charge in [0.1, 0.15) is 43.2 Å². The Bertz CT molecular complexity index is 1300. The molecule has 0 aromatic rings. The van der Waals surface area contributed by atoms with Crippen LogP contribution >= 0.6 is 7.82 Å². The minimum Gasteiger partial charge on any atom is -0.462 e. The average Bonchev–Trinajstić information content (AvgIpc) is 3.24. The van der Waals surface area contributed by atoms with Crippen molar-refractivity contribution in [1.82, 2.24) is 0 Å². The third kappa shape index (κ3) is 29.5. The first-order chi connectivity index (χ1) is 29.4. The molecular weight excluding hydrogens is 803 g/mol. The van der Waals surface area contributed by atoms with E-state index in [1.807, 2.05) is 18.2 Å². The minimum absolute atomic E-state index is 0.0274. The number of unbranched alkanes of at least 4 members (excludes halogenated alkanes) is 15. The van der Waals surface area contributed by atoms with E-state index in [0.717, 1.165) is 44.9 Å². The Hall–Kier alpha value is -2.45. The molecule has 6 N–H and O–H groups in total. The van der Waals surface area contributed by atoms with Gasteiger partial charge >= 0.3 is 19.8 Å². The number of aliphatic hydroxyl groups is 5. The van der Waals surface area contributed by atoms with Crippen LogP contribution in [-0.4, -0.2) is 98.3 Å². The van der Waals surface area contributed by atoms with Crippen LogP contribution in [0.15, 0.2) is 60.8 Å². The van der Waals surface area contributed by atoms with Crippen molar-refractivity contribution in [2.75, 3.05) is 13.2 Å². The van der Waals surface area contributed by atoms with Gasteiger partial charge in [0, 0.05) is 12.8 Å². The molecule has 14 heteroatoms. The molecule has 1 aliphatic carbocycles. The van der Waals surface area contributed by atoms with E-state index in [9.17, 15) is 44.6 Å². The third-order valence-corrected chi connectivity index (χ3v) is 11.4. The molecule has 1 fully saturated rings. The van der Waals surface area contributed by atoms with Crippen LogP contribution in [0.5, 0.6) is 0 Å². The largest absolute Gasteiger partial charge is 0.472 e. The summed E-state index contributed by atoms with van der Waals surface area (Å²) in [5, 5.41) is 50.1. The molecule has 61 heavy (non-hydrogen) atoms. The number of aliphatic hydroxyl groups excluding tert-OH is 5. The van der Waals surface area contributed by atoms with Crippen LogP contribution in [-0.2, 0) is 32.7 Å². The summed E-state index contributed by atoms with van der Waals surface area (Å²) in [5.74, 6) is -1.20. The number of hydrogen-bond donors (Lipinski definition) is 6. The minimum atomic E-state index is -5.14. The maximum Gasteiger partial charge on any atom is 0.472 e. The van der Waals surface area contributed by atoms with Crippen LogP contribution in [0, 0.1) is 0 Å². The monoisotopic (exact) mass is 885 g/mol. The van der Waals surface area contributed by atoms with Crippen LogP contribution < -0.4 is 0 Å². The van der Waals surface area contributed by atoms with Crippen LogP contribution in [0.3, 0.4) is 0 Å². The van der Waals surface area contributed by atoms with Gasteiger partial charge in [0.2, 0.25) is 0 Å². The fraction of sp³-hybridized carbons (Fsp3) is 0.745. The number of carbonyl (C=O) groups excluding carboxylic acids is 2. The first-order valence-electron chi connectivity index (χ1n) is 23.1. The van der Waals surface area contributed by atoms with Crippen molar-refractivity contribution in [3.63, 3.8) is 0 Å². The molecule has 1 rings (SSSR count). The zero-order valence-corrected chi connectivity index (χ0v) is 38.1. The second kappa shape index (κ2) is 37.0. The standard InChI is InChI=1S/C47H81O13P/c1-3-5-7-9-11-13-15-17-18-19-20-21-22-24-26-28-30-32-34-36-41(49)59-39(38-58-61(55,56)60-47-45(53)43(51)42(50)44(52)46(47)54)37-57-40(48)35-33-31-29-27-25-23-16-14-12-10-8-6-4-2/h11,13,17-18,20-21,24,26,30,32,39,42-47,50-54H,3-10,12,14-16,19,22-23,25,27-29,31,33-38H2,1-2H3,(H,55,56)/b13-11+,18-17+,21-20+,26-24+,32-30+/t39-,42?,43+,44?,45?,46?,47?/m1/s1. The third-order valence-electron chi connectivity index (χ3n) is 10.4. The van der Waals surface area contributed by atoms with Crippen molar-refractivity contribution in [2.45, 2.75) is 211 Å². The second-order valence-electron chi connectivity index (χ2n) is 15.9. The Morgan fingerprint density at radius 2 is 0.918 bits per heavy atom. The van der Waals surface area contributed by atoms with Crippen LogP contribution in [0.1, 0.15) is 168 Å². The molecule has 0 bridgehead atoms. The van der Waals surface area contributed by atoms with Gasteiger partial charge < -0.3 is 39.9 Å². The molecule has 0 amide bonds. The molecule has 13 nitrogen and oxygen atoms in total. The Balaban J connectivity index is 2.52. The summed E-state index contributed by atoms with van der Waals surface area (Å²) in [5.41, 5.74) is 0. The predicted molar refractivity (Wildman–Crippen MR) is 239 cm³/mol. The van der Waals surface area contributed by atoms with Crippen molar-refractivity contribution in [3.8, 4) is 0 Å². The highest BCUT2D eigenvalue weighted by molar-refractivity contribution is 7.47. The zero-order chi connectivity index (χ0) is 45.0. The van der Waals surface area contributed by atoms with E-state index in [4.69, 9.17) is 18.5 Å². The van der Waals surface area contributed by atoms with E-state index in [0.29, 0.717) is 19.3 Å². The Morgan fingerprint density at radius 1 is 0.508 bits per heavy atom. The number of carbonyl (C=O) groups is 2. The van der Waals surface area contributed by atoms with Gasteiger partial charge in [-0.2, -0.15) is 0 Å². The first-order valence-corrected chi connectivity index (χ1v) is 24.6. The molecule has 1 saturated carbocycles. The summed E-state index contributed by atoms with van der Waals surface area (Å²) < 4.78 is 33.4. The summed E-state index contributed by atoms with van der Waals surface area (Å²) in [6.07, 6.45) is 31.5. The highest BCUT2D eigenvalue weighted by Crippen LogP contribution is 2.47. The Labute approximate surface area is 366 Å². The molecular formula is C47H81O13P. The van der Waals surface area contributed by atoms with E-state index in [-0.39, 0.29) is 12.8 Å². The normalized spacial score (nSPS) is 22.6. The van der Waals surface area contributed by atoms with Crippen molar-refractivity contribution >= 4 is 19.8 Å². The quantitative estimate of drug-likeness (QED) is 0.0149. The summed E-state index contributed by atoms with van der Waals surface area (Å²) >= 11 is 0. The molecule has 8 atom stereocenters. The summed E-state index contributed by atoms with van der Waals surface area (Å²) in [4.78, 5) is 35.6. The maximum absolute atomic E-state index is 12.8. The van der Waals surface area contributed by atoms with Gasteiger partial charge in [-0.1, -0.05) is 164 Å². The van der Waals surface area contributed by atoms with Crippen LogP contribution in [0.4, 0.5) is 0 Å². The molecule has 0 aromatic carbocycles. The number of ether oxygens (including phenoxy) is 2. The lowest BCUT2D eigenvalue weighted by molar-refractivity contribution is -0.220. The predicted octanol–water partition coefficient (Wildman–Crippen LogP) is 8.94. The van der Waals surface area contributed by atoms with Gasteiger partial charge in [-0.05, 0) is 51.4 Å². The summed E-state index contributed by atoms with van der Waals surface area (Å²) in [6.45, 7) is 3.20. The molecule has 6 unspecified atom stereocenters. The summed E-state index contributed by atoms with van der Waals surface area (Å²) in [7, 11) is -5.14. The number of hydrogen-bond acceptors (Lipinski definition) is 12. The zero-order valence-electron chi connectivity index (χ0n) is 37.2. The van der Waals surface area contributed by atoms with Crippen molar-refractivity contribution in [3.05, 3.63) is 60.8 Å². The lowest BCUT2D eigenvalue weighted by atomic mass is 9.85. The topological polar surface area (TPSA) is 210 Å². The fourth-order valence-corrected chi connectivity index (χ4v) is 7.59.